The largest absolute Gasteiger partial charge is 0.217 e. The average molecular weight is 258 g/mol. The first kappa shape index (κ1) is 12.2. The van der Waals surface area contributed by atoms with Crippen molar-refractivity contribution in [3.8, 4) is 0 Å². The SMILES string of the molecule is SCCCCSc1nnnn1C1CCCC1. The molecule has 0 spiro atoms. The van der Waals surface area contributed by atoms with Gasteiger partial charge in [0.2, 0.25) is 5.16 Å². The Bertz CT molecular complexity index is 310. The zero-order valence-corrected chi connectivity index (χ0v) is 11.1. The van der Waals surface area contributed by atoms with Gasteiger partial charge >= 0.3 is 0 Å². The molecule has 1 aromatic rings. The predicted molar refractivity (Wildman–Crippen MR) is 69.1 cm³/mol. The first-order valence-corrected chi connectivity index (χ1v) is 7.55. The Balaban J connectivity index is 1.86. The van der Waals surface area contributed by atoms with Gasteiger partial charge in [-0.3, -0.25) is 0 Å². The molecule has 0 N–H and O–H groups in total. The van der Waals surface area contributed by atoms with E-state index in [1.54, 1.807) is 11.8 Å². The van der Waals surface area contributed by atoms with E-state index in [-0.39, 0.29) is 0 Å². The third-order valence-electron chi connectivity index (χ3n) is 2.92. The van der Waals surface area contributed by atoms with E-state index in [1.165, 1.54) is 38.5 Å². The number of nitrogens with zero attached hydrogens (tertiary/aromatic N) is 4. The first-order valence-electron chi connectivity index (χ1n) is 5.93. The number of tetrazole rings is 1. The minimum atomic E-state index is 0.544. The van der Waals surface area contributed by atoms with Gasteiger partial charge in [-0.1, -0.05) is 24.6 Å². The van der Waals surface area contributed by atoms with Gasteiger partial charge in [0.15, 0.2) is 0 Å². The van der Waals surface area contributed by atoms with E-state index in [4.69, 9.17) is 0 Å². The van der Waals surface area contributed by atoms with Crippen molar-refractivity contribution in [1.82, 2.24) is 20.2 Å². The number of unbranched alkanes of at least 4 members (excludes halogenated alkanes) is 1. The molecular weight excluding hydrogens is 240 g/mol. The van der Waals surface area contributed by atoms with Gasteiger partial charge in [-0.15, -0.1) is 5.10 Å². The summed E-state index contributed by atoms with van der Waals surface area (Å²) >= 11 is 5.98. The van der Waals surface area contributed by atoms with Crippen molar-refractivity contribution in [3.63, 3.8) is 0 Å². The van der Waals surface area contributed by atoms with E-state index in [2.05, 4.69) is 28.2 Å². The fourth-order valence-corrected chi connectivity index (χ4v) is 3.20. The van der Waals surface area contributed by atoms with Crippen molar-refractivity contribution in [2.45, 2.75) is 49.7 Å². The third kappa shape index (κ3) is 3.13. The Labute approximate surface area is 106 Å². The molecule has 1 aromatic heterocycles. The lowest BCUT2D eigenvalue weighted by molar-refractivity contribution is 0.423. The van der Waals surface area contributed by atoms with Crippen LogP contribution in [0.15, 0.2) is 5.16 Å². The summed E-state index contributed by atoms with van der Waals surface area (Å²) in [5.41, 5.74) is 0. The standard InChI is InChI=1S/C10H18N4S2/c15-7-3-4-8-16-10-11-12-13-14(10)9-5-1-2-6-9/h9,15H,1-8H2. The third-order valence-corrected chi connectivity index (χ3v) is 4.25. The molecule has 1 heterocycles. The summed E-state index contributed by atoms with van der Waals surface area (Å²) in [4.78, 5) is 0. The van der Waals surface area contributed by atoms with Crippen LogP contribution < -0.4 is 0 Å². The topological polar surface area (TPSA) is 43.6 Å². The lowest BCUT2D eigenvalue weighted by Gasteiger charge is -2.10. The van der Waals surface area contributed by atoms with Crippen molar-refractivity contribution in [2.24, 2.45) is 0 Å². The van der Waals surface area contributed by atoms with Crippen molar-refractivity contribution in [2.75, 3.05) is 11.5 Å². The van der Waals surface area contributed by atoms with Gasteiger partial charge in [-0.2, -0.15) is 12.6 Å². The number of thiol groups is 1. The van der Waals surface area contributed by atoms with Crippen molar-refractivity contribution < 1.29 is 0 Å². The zero-order valence-electron chi connectivity index (χ0n) is 9.38. The van der Waals surface area contributed by atoms with Gasteiger partial charge in [0.1, 0.15) is 0 Å². The van der Waals surface area contributed by atoms with Crippen LogP contribution in [-0.4, -0.2) is 31.7 Å². The molecule has 0 bridgehead atoms. The molecule has 0 aromatic carbocycles. The van der Waals surface area contributed by atoms with Gasteiger partial charge in [0.05, 0.1) is 6.04 Å². The van der Waals surface area contributed by atoms with Crippen molar-refractivity contribution in [1.29, 1.82) is 0 Å². The maximum Gasteiger partial charge on any atom is 0.209 e. The highest BCUT2D eigenvalue weighted by Gasteiger charge is 2.21. The van der Waals surface area contributed by atoms with Crippen LogP contribution in [0.2, 0.25) is 0 Å². The highest BCUT2D eigenvalue weighted by molar-refractivity contribution is 7.99. The van der Waals surface area contributed by atoms with Crippen LogP contribution in [0.1, 0.15) is 44.6 Å². The minimum absolute atomic E-state index is 0.544. The molecule has 4 nitrogen and oxygen atoms in total. The minimum Gasteiger partial charge on any atom is -0.217 e. The smallest absolute Gasteiger partial charge is 0.209 e. The molecule has 0 unspecified atom stereocenters. The molecule has 90 valence electrons. The molecule has 1 aliphatic carbocycles. The quantitative estimate of drug-likeness (QED) is 0.484. The number of thioether (sulfide) groups is 1. The monoisotopic (exact) mass is 258 g/mol. The lowest BCUT2D eigenvalue weighted by Crippen LogP contribution is -2.08. The van der Waals surface area contributed by atoms with E-state index in [0.717, 1.165) is 16.7 Å². The predicted octanol–water partition coefficient (Wildman–Crippen LogP) is 2.59. The summed E-state index contributed by atoms with van der Waals surface area (Å²) in [6, 6.07) is 0.544. The molecule has 16 heavy (non-hydrogen) atoms. The number of hydrogen-bond donors (Lipinski definition) is 1. The molecule has 0 radical (unpaired) electrons. The van der Waals surface area contributed by atoms with Gasteiger partial charge in [0, 0.05) is 5.75 Å². The van der Waals surface area contributed by atoms with Gasteiger partial charge in [0.25, 0.3) is 0 Å². The molecule has 0 aliphatic heterocycles. The fourth-order valence-electron chi connectivity index (χ4n) is 2.04. The van der Waals surface area contributed by atoms with E-state index in [1.807, 2.05) is 4.68 Å². The number of aromatic nitrogens is 4. The molecule has 0 atom stereocenters. The van der Waals surface area contributed by atoms with Crippen LogP contribution in [-0.2, 0) is 0 Å². The Morgan fingerprint density at radius 1 is 1.31 bits per heavy atom. The molecule has 1 saturated carbocycles. The Morgan fingerprint density at radius 3 is 2.88 bits per heavy atom. The second-order valence-corrected chi connectivity index (χ2v) is 5.63. The summed E-state index contributed by atoms with van der Waals surface area (Å²) in [6.45, 7) is 0. The van der Waals surface area contributed by atoms with E-state index >= 15 is 0 Å². The Morgan fingerprint density at radius 2 is 2.12 bits per heavy atom. The Hall–Kier alpha value is -0.230. The highest BCUT2D eigenvalue weighted by Crippen LogP contribution is 2.31. The van der Waals surface area contributed by atoms with E-state index in [9.17, 15) is 0 Å². The van der Waals surface area contributed by atoms with Gasteiger partial charge in [-0.25, -0.2) is 4.68 Å². The number of hydrogen-bond acceptors (Lipinski definition) is 5. The summed E-state index contributed by atoms with van der Waals surface area (Å²) in [6.07, 6.45) is 7.44. The lowest BCUT2D eigenvalue weighted by atomic mass is 10.3. The van der Waals surface area contributed by atoms with Gasteiger partial charge in [-0.05, 0) is 41.9 Å². The molecule has 1 aliphatic rings. The average Bonchev–Trinajstić information content (AvgIpc) is 2.94. The normalized spacial score (nSPS) is 17.1. The van der Waals surface area contributed by atoms with Crippen molar-refractivity contribution >= 4 is 24.4 Å². The summed E-state index contributed by atoms with van der Waals surface area (Å²) in [5, 5.41) is 13.0. The second kappa shape index (κ2) is 6.49. The molecule has 0 amide bonds. The highest BCUT2D eigenvalue weighted by atomic mass is 32.2. The van der Waals surface area contributed by atoms with Crippen LogP contribution in [0.25, 0.3) is 0 Å². The summed E-state index contributed by atoms with van der Waals surface area (Å²) < 4.78 is 2.03. The Kier molecular flexibility index (Phi) is 4.96. The zero-order chi connectivity index (χ0) is 11.2. The van der Waals surface area contributed by atoms with E-state index < -0.39 is 0 Å². The van der Waals surface area contributed by atoms with Crippen LogP contribution in [0.3, 0.4) is 0 Å². The van der Waals surface area contributed by atoms with E-state index in [0.29, 0.717) is 6.04 Å². The van der Waals surface area contributed by atoms with Crippen molar-refractivity contribution in [3.05, 3.63) is 0 Å². The van der Waals surface area contributed by atoms with Crippen LogP contribution in [0, 0.1) is 0 Å². The second-order valence-electron chi connectivity index (χ2n) is 4.12. The molecule has 2 rings (SSSR count). The van der Waals surface area contributed by atoms with Gasteiger partial charge < -0.3 is 0 Å². The maximum atomic E-state index is 4.21. The van der Waals surface area contributed by atoms with Crippen LogP contribution in [0.4, 0.5) is 0 Å². The maximum absolute atomic E-state index is 4.21. The fraction of sp³-hybridized carbons (Fsp3) is 0.900. The molecule has 1 fully saturated rings. The first-order chi connectivity index (χ1) is 7.92. The summed E-state index contributed by atoms with van der Waals surface area (Å²) in [5.74, 6) is 2.06. The number of rotatable bonds is 6. The molecular formula is C10H18N4S2. The molecule has 0 saturated heterocycles. The summed E-state index contributed by atoms with van der Waals surface area (Å²) in [7, 11) is 0. The van der Waals surface area contributed by atoms with Crippen LogP contribution >= 0.6 is 24.4 Å². The molecule has 6 heteroatoms. The van der Waals surface area contributed by atoms with Crippen LogP contribution in [0.5, 0.6) is 0 Å².